The van der Waals surface area contributed by atoms with Gasteiger partial charge in [0.15, 0.2) is 0 Å². The van der Waals surface area contributed by atoms with E-state index >= 15 is 0 Å². The fourth-order valence-electron chi connectivity index (χ4n) is 2.38. The predicted molar refractivity (Wildman–Crippen MR) is 89.8 cm³/mol. The molecule has 6 heteroatoms. The highest BCUT2D eigenvalue weighted by Gasteiger charge is 2.20. The number of hydrogen-bond donors (Lipinski definition) is 2. The number of nitrogens with zero attached hydrogens (tertiary/aromatic N) is 1. The highest BCUT2D eigenvalue weighted by Crippen LogP contribution is 2.15. The van der Waals surface area contributed by atoms with Crippen molar-refractivity contribution in [3.05, 3.63) is 0 Å². The summed E-state index contributed by atoms with van der Waals surface area (Å²) < 4.78 is 0. The molecular formula is C14H31Cl2N3O. The molecule has 1 aliphatic heterocycles. The molecule has 4 nitrogen and oxygen atoms in total. The summed E-state index contributed by atoms with van der Waals surface area (Å²) >= 11 is 0. The van der Waals surface area contributed by atoms with E-state index in [1.54, 1.807) is 13.8 Å². The van der Waals surface area contributed by atoms with E-state index in [-0.39, 0.29) is 30.7 Å². The number of nitrogens with one attached hydrogen (secondary N) is 1. The van der Waals surface area contributed by atoms with Crippen LogP contribution in [0.5, 0.6) is 0 Å². The molecule has 0 aromatic carbocycles. The number of carbonyl (C=O) groups excluding carboxylic acids is 1. The van der Waals surface area contributed by atoms with Gasteiger partial charge in [-0.25, -0.2) is 0 Å². The Morgan fingerprint density at radius 2 is 2.00 bits per heavy atom. The van der Waals surface area contributed by atoms with Crippen LogP contribution in [0.25, 0.3) is 0 Å². The van der Waals surface area contributed by atoms with E-state index in [2.05, 4.69) is 17.1 Å². The minimum atomic E-state index is -0.762. The van der Waals surface area contributed by atoms with Crippen LogP contribution in [0.15, 0.2) is 0 Å². The minimum absolute atomic E-state index is 0. The Kier molecular flexibility index (Phi) is 11.9. The number of nitrogens with two attached hydrogens (primary N) is 1. The molecule has 1 amide bonds. The van der Waals surface area contributed by atoms with Gasteiger partial charge in [0, 0.05) is 13.1 Å². The van der Waals surface area contributed by atoms with Gasteiger partial charge in [-0.1, -0.05) is 6.92 Å². The highest BCUT2D eigenvalue weighted by atomic mass is 35.5. The molecule has 1 saturated heterocycles. The lowest BCUT2D eigenvalue weighted by atomic mass is 10.0. The maximum atomic E-state index is 11.5. The number of halogens is 2. The molecular weight excluding hydrogens is 297 g/mol. The van der Waals surface area contributed by atoms with Crippen molar-refractivity contribution in [1.29, 1.82) is 0 Å². The Hall–Kier alpha value is -0.0300. The van der Waals surface area contributed by atoms with Gasteiger partial charge in [-0.15, -0.1) is 24.8 Å². The first kappa shape index (κ1) is 22.3. The molecule has 3 N–H and O–H groups in total. The average molecular weight is 328 g/mol. The zero-order chi connectivity index (χ0) is 13.6. The SMILES string of the molecule is CC1CCCN(CCCCNC(=O)C(C)(C)N)C1.Cl.Cl. The molecule has 1 rings (SSSR count). The molecule has 20 heavy (non-hydrogen) atoms. The summed E-state index contributed by atoms with van der Waals surface area (Å²) in [5.41, 5.74) is 4.94. The fourth-order valence-corrected chi connectivity index (χ4v) is 2.38. The van der Waals surface area contributed by atoms with Gasteiger partial charge < -0.3 is 16.0 Å². The smallest absolute Gasteiger partial charge is 0.239 e. The number of unbranched alkanes of at least 4 members (excludes halogenated alkanes) is 1. The van der Waals surface area contributed by atoms with Gasteiger partial charge in [0.2, 0.25) is 5.91 Å². The number of likely N-dealkylation sites (tertiary alicyclic amines) is 1. The third-order valence-corrected chi connectivity index (χ3v) is 3.51. The molecule has 1 heterocycles. The third-order valence-electron chi connectivity index (χ3n) is 3.51. The topological polar surface area (TPSA) is 58.4 Å². The molecule has 0 aromatic heterocycles. The quantitative estimate of drug-likeness (QED) is 0.735. The molecule has 1 unspecified atom stereocenters. The van der Waals surface area contributed by atoms with Crippen LogP contribution in [0.2, 0.25) is 0 Å². The maximum absolute atomic E-state index is 11.5. The van der Waals surface area contributed by atoms with E-state index < -0.39 is 5.54 Å². The Morgan fingerprint density at radius 1 is 1.35 bits per heavy atom. The Labute approximate surface area is 136 Å². The molecule has 0 aliphatic carbocycles. The molecule has 0 saturated carbocycles. The van der Waals surface area contributed by atoms with E-state index in [0.29, 0.717) is 0 Å². The zero-order valence-corrected chi connectivity index (χ0v) is 14.6. The number of hydrogen-bond acceptors (Lipinski definition) is 3. The van der Waals surface area contributed by atoms with Crippen molar-refractivity contribution in [2.45, 2.75) is 52.0 Å². The molecule has 1 aliphatic rings. The highest BCUT2D eigenvalue weighted by molar-refractivity contribution is 5.85. The zero-order valence-electron chi connectivity index (χ0n) is 13.0. The first-order valence-corrected chi connectivity index (χ1v) is 7.19. The van der Waals surface area contributed by atoms with Crippen molar-refractivity contribution < 1.29 is 4.79 Å². The number of carbonyl (C=O) groups is 1. The predicted octanol–water partition coefficient (Wildman–Crippen LogP) is 2.20. The van der Waals surface area contributed by atoms with Crippen LogP contribution in [-0.4, -0.2) is 42.5 Å². The van der Waals surface area contributed by atoms with Crippen molar-refractivity contribution in [2.75, 3.05) is 26.2 Å². The molecule has 1 fully saturated rings. The van der Waals surface area contributed by atoms with Gasteiger partial charge >= 0.3 is 0 Å². The molecule has 0 aromatic rings. The number of amides is 1. The average Bonchev–Trinajstić information content (AvgIpc) is 2.27. The molecule has 0 bridgehead atoms. The summed E-state index contributed by atoms with van der Waals surface area (Å²) in [6.07, 6.45) is 4.89. The third kappa shape index (κ3) is 9.01. The van der Waals surface area contributed by atoms with Crippen molar-refractivity contribution >= 4 is 30.7 Å². The summed E-state index contributed by atoms with van der Waals surface area (Å²) in [6.45, 7) is 10.2. The van der Waals surface area contributed by atoms with E-state index in [1.165, 1.54) is 25.9 Å². The Bertz CT molecular complexity index is 270. The van der Waals surface area contributed by atoms with Crippen molar-refractivity contribution in [1.82, 2.24) is 10.2 Å². The minimum Gasteiger partial charge on any atom is -0.355 e. The first-order chi connectivity index (χ1) is 8.39. The Morgan fingerprint density at radius 3 is 2.55 bits per heavy atom. The van der Waals surface area contributed by atoms with Crippen LogP contribution < -0.4 is 11.1 Å². The normalized spacial score (nSPS) is 19.7. The van der Waals surface area contributed by atoms with E-state index in [4.69, 9.17) is 5.73 Å². The fraction of sp³-hybridized carbons (Fsp3) is 0.929. The summed E-state index contributed by atoms with van der Waals surface area (Å²) in [7, 11) is 0. The molecule has 122 valence electrons. The van der Waals surface area contributed by atoms with Crippen LogP contribution in [0.4, 0.5) is 0 Å². The summed E-state index contributed by atoms with van der Waals surface area (Å²) in [5, 5.41) is 2.89. The van der Waals surface area contributed by atoms with Gasteiger partial charge in [-0.3, -0.25) is 4.79 Å². The number of piperidine rings is 1. The van der Waals surface area contributed by atoms with Crippen LogP contribution in [0.3, 0.4) is 0 Å². The second-order valence-corrected chi connectivity index (χ2v) is 6.23. The van der Waals surface area contributed by atoms with Gasteiger partial charge in [0.1, 0.15) is 0 Å². The lowest BCUT2D eigenvalue weighted by Gasteiger charge is -2.30. The molecule has 0 radical (unpaired) electrons. The standard InChI is InChI=1S/C14H29N3O.2ClH/c1-12-7-6-10-17(11-12)9-5-4-8-16-13(18)14(2,3)15;;/h12H,4-11,15H2,1-3H3,(H,16,18);2*1H. The van der Waals surface area contributed by atoms with Crippen molar-refractivity contribution in [2.24, 2.45) is 11.7 Å². The first-order valence-electron chi connectivity index (χ1n) is 7.19. The second-order valence-electron chi connectivity index (χ2n) is 6.23. The van der Waals surface area contributed by atoms with Crippen LogP contribution in [0.1, 0.15) is 46.5 Å². The lowest BCUT2D eigenvalue weighted by Crippen LogP contribution is -2.49. The van der Waals surface area contributed by atoms with Gasteiger partial charge in [0.25, 0.3) is 0 Å². The van der Waals surface area contributed by atoms with Crippen molar-refractivity contribution in [3.8, 4) is 0 Å². The van der Waals surface area contributed by atoms with Crippen LogP contribution >= 0.6 is 24.8 Å². The van der Waals surface area contributed by atoms with Gasteiger partial charge in [-0.05, 0) is 58.5 Å². The largest absolute Gasteiger partial charge is 0.355 e. The summed E-state index contributed by atoms with van der Waals surface area (Å²) in [4.78, 5) is 14.1. The molecule has 0 spiro atoms. The van der Waals surface area contributed by atoms with E-state index in [9.17, 15) is 4.79 Å². The van der Waals surface area contributed by atoms with E-state index in [0.717, 1.165) is 31.8 Å². The van der Waals surface area contributed by atoms with Gasteiger partial charge in [0.05, 0.1) is 5.54 Å². The second kappa shape index (κ2) is 10.7. The van der Waals surface area contributed by atoms with Crippen LogP contribution in [-0.2, 0) is 4.79 Å². The monoisotopic (exact) mass is 327 g/mol. The van der Waals surface area contributed by atoms with Crippen LogP contribution in [0, 0.1) is 5.92 Å². The van der Waals surface area contributed by atoms with E-state index in [1.807, 2.05) is 0 Å². The molecule has 1 atom stereocenters. The summed E-state index contributed by atoms with van der Waals surface area (Å²) in [5.74, 6) is 0.783. The van der Waals surface area contributed by atoms with Crippen molar-refractivity contribution in [3.63, 3.8) is 0 Å². The number of rotatable bonds is 6. The lowest BCUT2D eigenvalue weighted by molar-refractivity contribution is -0.125. The summed E-state index contributed by atoms with van der Waals surface area (Å²) in [6, 6.07) is 0. The van der Waals surface area contributed by atoms with Gasteiger partial charge in [-0.2, -0.15) is 0 Å². The maximum Gasteiger partial charge on any atom is 0.239 e. The Balaban J connectivity index is 0.